The number of benzene rings is 1. The Morgan fingerprint density at radius 2 is 2.29 bits per heavy atom. The summed E-state index contributed by atoms with van der Waals surface area (Å²) in [6.07, 6.45) is 0.311. The van der Waals surface area contributed by atoms with E-state index in [1.807, 2.05) is 0 Å². The molecular weight excluding hydrogens is 281 g/mol. The van der Waals surface area contributed by atoms with Gasteiger partial charge in [-0.3, -0.25) is 4.79 Å². The minimum atomic E-state index is -1.13. The molecule has 1 aliphatic heterocycles. The number of ether oxygens (including phenoxy) is 1. The highest BCUT2D eigenvalue weighted by atomic mass is 19.1. The number of carbonyl (C=O) groups is 2. The van der Waals surface area contributed by atoms with Gasteiger partial charge in [-0.05, 0) is 12.1 Å². The number of aromatic amines is 1. The van der Waals surface area contributed by atoms with E-state index in [1.54, 1.807) is 0 Å². The van der Waals surface area contributed by atoms with Crippen LogP contribution in [-0.4, -0.2) is 57.7 Å². The zero-order valence-electron chi connectivity index (χ0n) is 10.9. The summed E-state index contributed by atoms with van der Waals surface area (Å²) in [6, 6.07) is 2.36. The van der Waals surface area contributed by atoms with Crippen LogP contribution in [0.1, 0.15) is 10.4 Å². The summed E-state index contributed by atoms with van der Waals surface area (Å²) < 4.78 is 18.6. The smallest absolute Gasteiger partial charge is 0.334 e. The van der Waals surface area contributed by atoms with Crippen LogP contribution in [0.5, 0.6) is 0 Å². The predicted molar refractivity (Wildman–Crippen MR) is 69.3 cm³/mol. The van der Waals surface area contributed by atoms with Gasteiger partial charge in [-0.25, -0.2) is 14.2 Å². The summed E-state index contributed by atoms with van der Waals surface area (Å²) in [5, 5.41) is 8.95. The van der Waals surface area contributed by atoms with Crippen LogP contribution in [-0.2, 0) is 9.53 Å². The third-order valence-corrected chi connectivity index (χ3v) is 3.35. The first kappa shape index (κ1) is 13.5. The van der Waals surface area contributed by atoms with E-state index in [0.717, 1.165) is 6.07 Å². The molecule has 0 unspecified atom stereocenters. The minimum absolute atomic E-state index is 0.0728. The Kier molecular flexibility index (Phi) is 3.30. The summed E-state index contributed by atoms with van der Waals surface area (Å²) in [5.74, 6) is -2.14. The van der Waals surface area contributed by atoms with Crippen molar-refractivity contribution in [3.63, 3.8) is 0 Å². The van der Waals surface area contributed by atoms with Crippen molar-refractivity contribution < 1.29 is 23.8 Å². The monoisotopic (exact) mass is 293 g/mol. The molecule has 1 amide bonds. The number of H-pyrrole nitrogens is 1. The molecular formula is C13H12FN3O4. The lowest BCUT2D eigenvalue weighted by Crippen LogP contribution is -2.48. The van der Waals surface area contributed by atoms with Crippen molar-refractivity contribution in [2.24, 2.45) is 0 Å². The van der Waals surface area contributed by atoms with Gasteiger partial charge in [-0.1, -0.05) is 0 Å². The quantitative estimate of drug-likeness (QED) is 0.846. The molecule has 1 aliphatic rings. The summed E-state index contributed by atoms with van der Waals surface area (Å²) >= 11 is 0. The number of hydrogen-bond acceptors (Lipinski definition) is 4. The van der Waals surface area contributed by atoms with Crippen molar-refractivity contribution in [2.75, 3.05) is 19.7 Å². The number of carbonyl (C=O) groups excluding carboxylic acids is 1. The second-order valence-corrected chi connectivity index (χ2v) is 4.70. The Labute approximate surface area is 118 Å². The van der Waals surface area contributed by atoms with Crippen molar-refractivity contribution in [2.45, 2.75) is 6.10 Å². The molecule has 1 aromatic carbocycles. The van der Waals surface area contributed by atoms with E-state index >= 15 is 0 Å². The number of aliphatic carboxylic acids is 1. The van der Waals surface area contributed by atoms with Crippen LogP contribution in [0.4, 0.5) is 4.39 Å². The van der Waals surface area contributed by atoms with Crippen LogP contribution in [0.15, 0.2) is 18.5 Å². The number of fused-ring (bicyclic) bond motifs is 1. The summed E-state index contributed by atoms with van der Waals surface area (Å²) in [7, 11) is 0. The van der Waals surface area contributed by atoms with Gasteiger partial charge in [0, 0.05) is 6.54 Å². The zero-order valence-corrected chi connectivity index (χ0v) is 10.9. The molecule has 1 saturated heterocycles. The topological polar surface area (TPSA) is 95.5 Å². The van der Waals surface area contributed by atoms with E-state index in [4.69, 9.17) is 9.84 Å². The average Bonchev–Trinajstić information content (AvgIpc) is 2.93. The molecule has 2 aromatic rings. The number of amides is 1. The molecule has 0 aliphatic carbocycles. The Morgan fingerprint density at radius 3 is 3.05 bits per heavy atom. The second kappa shape index (κ2) is 5.13. The molecule has 2 heterocycles. The summed E-state index contributed by atoms with van der Waals surface area (Å²) in [6.45, 7) is 0.309. The predicted octanol–water partition coefficient (Wildman–Crippen LogP) is 0.628. The fourth-order valence-electron chi connectivity index (χ4n) is 2.33. The van der Waals surface area contributed by atoms with Crippen molar-refractivity contribution in [3.05, 3.63) is 29.8 Å². The molecule has 0 radical (unpaired) electrons. The molecule has 2 N–H and O–H groups in total. The highest BCUT2D eigenvalue weighted by Crippen LogP contribution is 2.20. The molecule has 7 nitrogen and oxygen atoms in total. The van der Waals surface area contributed by atoms with E-state index < -0.39 is 23.8 Å². The van der Waals surface area contributed by atoms with E-state index in [1.165, 1.54) is 17.3 Å². The van der Waals surface area contributed by atoms with Crippen LogP contribution < -0.4 is 0 Å². The number of carboxylic acids is 1. The molecule has 1 fully saturated rings. The number of rotatable bonds is 2. The molecule has 110 valence electrons. The summed E-state index contributed by atoms with van der Waals surface area (Å²) in [5.41, 5.74) is 0.887. The van der Waals surface area contributed by atoms with Gasteiger partial charge in [0.15, 0.2) is 6.10 Å². The first-order chi connectivity index (χ1) is 10.1. The Hall–Kier alpha value is -2.48. The number of nitrogens with zero attached hydrogens (tertiary/aromatic N) is 2. The number of halogens is 1. The maximum Gasteiger partial charge on any atom is 0.334 e. The van der Waals surface area contributed by atoms with Gasteiger partial charge in [-0.2, -0.15) is 0 Å². The normalized spacial score (nSPS) is 18.9. The maximum absolute atomic E-state index is 13.6. The number of aromatic nitrogens is 2. The van der Waals surface area contributed by atoms with Gasteiger partial charge >= 0.3 is 5.97 Å². The van der Waals surface area contributed by atoms with Gasteiger partial charge < -0.3 is 19.7 Å². The van der Waals surface area contributed by atoms with Crippen LogP contribution >= 0.6 is 0 Å². The maximum atomic E-state index is 13.6. The van der Waals surface area contributed by atoms with E-state index in [0.29, 0.717) is 11.0 Å². The fourth-order valence-corrected chi connectivity index (χ4v) is 2.33. The second-order valence-electron chi connectivity index (χ2n) is 4.70. The molecule has 0 bridgehead atoms. The molecule has 3 rings (SSSR count). The Bertz CT molecular complexity index is 715. The van der Waals surface area contributed by atoms with Crippen LogP contribution in [0.25, 0.3) is 11.0 Å². The molecule has 1 atom stereocenters. The lowest BCUT2D eigenvalue weighted by molar-refractivity contribution is -0.154. The van der Waals surface area contributed by atoms with Gasteiger partial charge in [0.1, 0.15) is 11.3 Å². The number of nitrogens with one attached hydrogen (secondary N) is 1. The number of imidazole rings is 1. The van der Waals surface area contributed by atoms with Gasteiger partial charge in [0.25, 0.3) is 5.91 Å². The zero-order chi connectivity index (χ0) is 15.0. The van der Waals surface area contributed by atoms with E-state index in [-0.39, 0.29) is 25.3 Å². The van der Waals surface area contributed by atoms with E-state index in [9.17, 15) is 14.0 Å². The lowest BCUT2D eigenvalue weighted by Gasteiger charge is -2.30. The average molecular weight is 293 g/mol. The van der Waals surface area contributed by atoms with E-state index in [2.05, 4.69) is 9.97 Å². The molecule has 1 aromatic heterocycles. The van der Waals surface area contributed by atoms with Crippen molar-refractivity contribution in [1.29, 1.82) is 0 Å². The first-order valence-corrected chi connectivity index (χ1v) is 6.32. The van der Waals surface area contributed by atoms with Crippen LogP contribution in [0, 0.1) is 5.82 Å². The number of carboxylic acid groups (broad SMARTS) is 1. The van der Waals surface area contributed by atoms with Crippen LogP contribution in [0.2, 0.25) is 0 Å². The number of morpholine rings is 1. The van der Waals surface area contributed by atoms with Crippen molar-refractivity contribution >= 4 is 22.9 Å². The highest BCUT2D eigenvalue weighted by Gasteiger charge is 2.30. The lowest BCUT2D eigenvalue weighted by atomic mass is 10.1. The fraction of sp³-hybridized carbons (Fsp3) is 0.308. The van der Waals surface area contributed by atoms with Gasteiger partial charge in [0.05, 0.1) is 30.6 Å². The highest BCUT2D eigenvalue weighted by molar-refractivity contribution is 6.05. The Balaban J connectivity index is 1.93. The van der Waals surface area contributed by atoms with Crippen molar-refractivity contribution in [3.8, 4) is 0 Å². The first-order valence-electron chi connectivity index (χ1n) is 6.32. The largest absolute Gasteiger partial charge is 0.479 e. The molecule has 21 heavy (non-hydrogen) atoms. The minimum Gasteiger partial charge on any atom is -0.479 e. The SMILES string of the molecule is O=C(O)[C@H]1CN(C(=O)c2cc(F)cc3[nH]cnc23)CCO1. The third kappa shape index (κ3) is 2.45. The molecule has 8 heteroatoms. The third-order valence-electron chi connectivity index (χ3n) is 3.35. The van der Waals surface area contributed by atoms with Gasteiger partial charge in [-0.15, -0.1) is 0 Å². The Morgan fingerprint density at radius 1 is 1.48 bits per heavy atom. The van der Waals surface area contributed by atoms with Gasteiger partial charge in [0.2, 0.25) is 0 Å². The van der Waals surface area contributed by atoms with Crippen LogP contribution in [0.3, 0.4) is 0 Å². The molecule has 0 spiro atoms. The summed E-state index contributed by atoms with van der Waals surface area (Å²) in [4.78, 5) is 31.5. The number of hydrogen-bond donors (Lipinski definition) is 2. The molecule has 0 saturated carbocycles. The standard InChI is InChI=1S/C13H12FN3O4/c14-7-3-8(11-9(4-7)15-6-16-11)12(18)17-1-2-21-10(5-17)13(19)20/h3-4,6,10H,1-2,5H2,(H,15,16)(H,19,20)/t10-/m1/s1. The van der Waals surface area contributed by atoms with Crippen molar-refractivity contribution in [1.82, 2.24) is 14.9 Å².